The maximum atomic E-state index is 11.8. The number of hydrogen-bond acceptors (Lipinski definition) is 6. The first-order valence-electron chi connectivity index (χ1n) is 7.36. The monoisotopic (exact) mass is 309 g/mol. The maximum absolute atomic E-state index is 11.8. The average molecular weight is 309 g/mol. The number of carbonyl (C=O) groups excluding carboxylic acids is 1. The van der Waals surface area contributed by atoms with E-state index < -0.39 is 0 Å². The quantitative estimate of drug-likeness (QED) is 0.788. The molecule has 0 radical (unpaired) electrons. The number of ether oxygens (including phenoxy) is 2. The normalized spacial score (nSPS) is 19.3. The van der Waals surface area contributed by atoms with E-state index in [1.165, 1.54) is 12.4 Å². The van der Waals surface area contributed by atoms with Gasteiger partial charge >= 0.3 is 5.97 Å². The van der Waals surface area contributed by atoms with Gasteiger partial charge in [0.1, 0.15) is 12.2 Å². The van der Waals surface area contributed by atoms with Crippen molar-refractivity contribution in [2.45, 2.75) is 18.9 Å². The summed E-state index contributed by atoms with van der Waals surface area (Å²) >= 11 is 0. The Bertz CT molecular complexity index is 721. The van der Waals surface area contributed by atoms with Crippen LogP contribution in [0.4, 0.5) is 0 Å². The molecule has 23 heavy (non-hydrogen) atoms. The summed E-state index contributed by atoms with van der Waals surface area (Å²) in [7, 11) is 0. The Balaban J connectivity index is 1.43. The Hall–Kier alpha value is -2.94. The predicted molar refractivity (Wildman–Crippen MR) is 80.6 cm³/mol. The van der Waals surface area contributed by atoms with Gasteiger partial charge in [-0.3, -0.25) is 0 Å². The van der Waals surface area contributed by atoms with Gasteiger partial charge in [-0.25, -0.2) is 14.8 Å². The van der Waals surface area contributed by atoms with Gasteiger partial charge in [0.2, 0.25) is 5.69 Å². The lowest BCUT2D eigenvalue weighted by molar-refractivity contribution is 0.00470. The second-order valence-electron chi connectivity index (χ2n) is 5.36. The van der Waals surface area contributed by atoms with Gasteiger partial charge in [0.25, 0.3) is 5.88 Å². The van der Waals surface area contributed by atoms with E-state index in [9.17, 15) is 4.79 Å². The van der Waals surface area contributed by atoms with Crippen molar-refractivity contribution in [3.63, 3.8) is 0 Å². The number of hydrogen-bond donors (Lipinski definition) is 0. The molecule has 1 aliphatic rings. The van der Waals surface area contributed by atoms with Crippen molar-refractivity contribution in [3.05, 3.63) is 54.0 Å². The third kappa shape index (κ3) is 3.64. The highest BCUT2D eigenvalue weighted by Gasteiger charge is 2.32. The van der Waals surface area contributed by atoms with Gasteiger partial charge < -0.3 is 9.47 Å². The largest absolute Gasteiger partial charge is 0.472 e. The first-order chi connectivity index (χ1) is 11.3. The molecule has 1 fully saturated rings. The number of aromatic nitrogens is 2. The van der Waals surface area contributed by atoms with E-state index in [1.807, 2.05) is 12.1 Å². The van der Waals surface area contributed by atoms with E-state index in [1.54, 1.807) is 24.3 Å². The van der Waals surface area contributed by atoms with Crippen LogP contribution in [-0.2, 0) is 4.74 Å². The van der Waals surface area contributed by atoms with E-state index in [0.29, 0.717) is 12.2 Å². The molecule has 0 bridgehead atoms. The van der Waals surface area contributed by atoms with E-state index in [-0.39, 0.29) is 29.6 Å². The van der Waals surface area contributed by atoms with Crippen LogP contribution in [0, 0.1) is 17.2 Å². The van der Waals surface area contributed by atoms with Crippen LogP contribution in [0.3, 0.4) is 0 Å². The fourth-order valence-electron chi connectivity index (χ4n) is 2.40. The third-order valence-electron chi connectivity index (χ3n) is 3.70. The molecule has 0 aliphatic heterocycles. The number of esters is 1. The van der Waals surface area contributed by atoms with Gasteiger partial charge in [-0.05, 0) is 25.0 Å². The summed E-state index contributed by atoms with van der Waals surface area (Å²) in [6.45, 7) is 0.374. The molecule has 0 saturated heterocycles. The summed E-state index contributed by atoms with van der Waals surface area (Å²) in [5.41, 5.74) is 0.740. The molecule has 0 unspecified atom stereocenters. The van der Waals surface area contributed by atoms with Crippen molar-refractivity contribution < 1.29 is 14.3 Å². The molecule has 6 nitrogen and oxygen atoms in total. The summed E-state index contributed by atoms with van der Waals surface area (Å²) in [6.07, 6.45) is 4.47. The van der Waals surface area contributed by atoms with Gasteiger partial charge in [0.15, 0.2) is 0 Å². The van der Waals surface area contributed by atoms with Crippen LogP contribution in [0.1, 0.15) is 28.9 Å². The molecule has 0 spiro atoms. The lowest BCUT2D eigenvalue weighted by Gasteiger charge is -2.34. The van der Waals surface area contributed by atoms with Gasteiger partial charge in [0.05, 0.1) is 12.2 Å². The van der Waals surface area contributed by atoms with E-state index in [0.717, 1.165) is 12.8 Å². The molecule has 0 amide bonds. The molecule has 1 aliphatic carbocycles. The second-order valence-corrected chi connectivity index (χ2v) is 5.36. The molecule has 116 valence electrons. The molecular weight excluding hydrogens is 294 g/mol. The van der Waals surface area contributed by atoms with Gasteiger partial charge in [-0.15, -0.1) is 0 Å². The van der Waals surface area contributed by atoms with Crippen molar-refractivity contribution in [1.82, 2.24) is 9.97 Å². The van der Waals surface area contributed by atoms with Crippen LogP contribution in [0.15, 0.2) is 42.7 Å². The number of benzene rings is 1. The molecular formula is C17H15N3O3. The predicted octanol–water partition coefficient (Wildman–Crippen LogP) is 2.36. The Labute approximate surface area is 133 Å². The Kier molecular flexibility index (Phi) is 4.48. The fourth-order valence-corrected chi connectivity index (χ4v) is 2.40. The average Bonchev–Trinajstić information content (AvgIpc) is 2.57. The van der Waals surface area contributed by atoms with Crippen LogP contribution < -0.4 is 4.74 Å². The Morgan fingerprint density at radius 3 is 2.70 bits per heavy atom. The molecule has 1 saturated carbocycles. The Morgan fingerprint density at radius 1 is 1.22 bits per heavy atom. The maximum Gasteiger partial charge on any atom is 0.338 e. The minimum absolute atomic E-state index is 0.0146. The summed E-state index contributed by atoms with van der Waals surface area (Å²) in [4.78, 5) is 19.8. The standard InChI is InChI=1S/C17H15N3O3/c18-10-15-16(20-7-6-19-15)23-14-8-12(9-14)11-22-17(21)13-4-2-1-3-5-13/h1-7,12,14H,8-9,11H2. The molecule has 1 heterocycles. The highest BCUT2D eigenvalue weighted by atomic mass is 16.5. The van der Waals surface area contributed by atoms with Crippen molar-refractivity contribution in [3.8, 4) is 11.9 Å². The SMILES string of the molecule is N#Cc1nccnc1OC1CC(COC(=O)c2ccccc2)C1. The Morgan fingerprint density at radius 2 is 1.96 bits per heavy atom. The zero-order chi connectivity index (χ0) is 16.1. The first-order valence-corrected chi connectivity index (χ1v) is 7.36. The van der Waals surface area contributed by atoms with Crippen LogP contribution >= 0.6 is 0 Å². The van der Waals surface area contributed by atoms with Crippen molar-refractivity contribution >= 4 is 5.97 Å². The zero-order valence-corrected chi connectivity index (χ0v) is 12.4. The highest BCUT2D eigenvalue weighted by molar-refractivity contribution is 5.89. The van der Waals surface area contributed by atoms with Crippen molar-refractivity contribution in [2.24, 2.45) is 5.92 Å². The first kappa shape index (κ1) is 15.0. The van der Waals surface area contributed by atoms with Gasteiger partial charge in [-0.2, -0.15) is 5.26 Å². The minimum Gasteiger partial charge on any atom is -0.472 e. The molecule has 0 N–H and O–H groups in total. The fraction of sp³-hybridized carbons (Fsp3) is 0.294. The summed E-state index contributed by atoms with van der Waals surface area (Å²) in [5.74, 6) is 0.227. The third-order valence-corrected chi connectivity index (χ3v) is 3.70. The van der Waals surface area contributed by atoms with Crippen LogP contribution in [0.5, 0.6) is 5.88 Å². The van der Waals surface area contributed by atoms with E-state index in [2.05, 4.69) is 9.97 Å². The summed E-state index contributed by atoms with van der Waals surface area (Å²) < 4.78 is 11.0. The summed E-state index contributed by atoms with van der Waals surface area (Å²) in [5, 5.41) is 8.94. The van der Waals surface area contributed by atoms with Crippen LogP contribution in [-0.4, -0.2) is 28.6 Å². The number of carbonyl (C=O) groups is 1. The van der Waals surface area contributed by atoms with Gasteiger partial charge in [-0.1, -0.05) is 18.2 Å². The van der Waals surface area contributed by atoms with Crippen LogP contribution in [0.2, 0.25) is 0 Å². The minimum atomic E-state index is -0.310. The lowest BCUT2D eigenvalue weighted by atomic mass is 9.83. The van der Waals surface area contributed by atoms with Crippen molar-refractivity contribution in [1.29, 1.82) is 5.26 Å². The highest BCUT2D eigenvalue weighted by Crippen LogP contribution is 2.31. The second kappa shape index (κ2) is 6.88. The van der Waals surface area contributed by atoms with E-state index in [4.69, 9.17) is 14.7 Å². The molecule has 3 rings (SSSR count). The van der Waals surface area contributed by atoms with Gasteiger partial charge in [0, 0.05) is 18.3 Å². The smallest absolute Gasteiger partial charge is 0.338 e. The van der Waals surface area contributed by atoms with Crippen molar-refractivity contribution in [2.75, 3.05) is 6.61 Å². The lowest BCUT2D eigenvalue weighted by Crippen LogP contribution is -2.37. The van der Waals surface area contributed by atoms with E-state index >= 15 is 0 Å². The topological polar surface area (TPSA) is 85.1 Å². The number of nitriles is 1. The zero-order valence-electron chi connectivity index (χ0n) is 12.4. The molecule has 0 atom stereocenters. The molecule has 6 heteroatoms. The number of rotatable bonds is 5. The molecule has 2 aromatic rings. The molecule has 1 aromatic heterocycles. The van der Waals surface area contributed by atoms with Crippen LogP contribution in [0.25, 0.3) is 0 Å². The number of nitrogens with zero attached hydrogens (tertiary/aromatic N) is 3. The molecule has 1 aromatic carbocycles. The summed E-state index contributed by atoms with van der Waals surface area (Å²) in [6, 6.07) is 10.9.